The van der Waals surface area contributed by atoms with Crippen LogP contribution in [0.2, 0.25) is 0 Å². The Balaban J connectivity index is 1.81. The van der Waals surface area contributed by atoms with E-state index in [-0.39, 0.29) is 22.3 Å². The number of benzene rings is 1. The largest absolute Gasteiger partial charge is 0.352 e. The van der Waals surface area contributed by atoms with Crippen molar-refractivity contribution < 1.29 is 22.6 Å². The summed E-state index contributed by atoms with van der Waals surface area (Å²) in [6.07, 6.45) is 5.18. The van der Waals surface area contributed by atoms with Crippen molar-refractivity contribution in [2.45, 2.75) is 30.6 Å². The highest BCUT2D eigenvalue weighted by Gasteiger charge is 2.13. The highest BCUT2D eigenvalue weighted by Crippen LogP contribution is 2.13. The zero-order valence-corrected chi connectivity index (χ0v) is 17.4. The van der Waals surface area contributed by atoms with Gasteiger partial charge in [-0.1, -0.05) is 24.6 Å². The number of hydrazine groups is 1. The first-order valence-corrected chi connectivity index (χ1v) is 10.8. The van der Waals surface area contributed by atoms with E-state index in [1.165, 1.54) is 30.6 Å². The first kappa shape index (κ1) is 23.9. The van der Waals surface area contributed by atoms with Gasteiger partial charge in [0.15, 0.2) is 0 Å². The van der Waals surface area contributed by atoms with Crippen molar-refractivity contribution in [2.75, 3.05) is 12.0 Å². The van der Waals surface area contributed by atoms with Gasteiger partial charge in [0.1, 0.15) is 10.7 Å². The number of hydrogen-bond donors (Lipinski definition) is 5. The Labute approximate surface area is 179 Å². The number of carbonyl (C=O) groups is 2. The van der Waals surface area contributed by atoms with E-state index in [4.69, 9.17) is 5.84 Å². The molecule has 0 fully saturated rings. The number of hydrazone groups is 1. The standard InChI is InChI=1S/C19H24N6O5S/c20-24-18(26)8-2-1-5-11-21-19(27)15-9-10-17(22-12-15)25-23-13-14-6-3-4-7-16(14)31(28,29)30/h3-4,6-7,9-10,12-13H,1-2,5,8,11,20H2,(H,21,27)(H,22,25)(H,24,26)(H,28,29,30)/b23-13+. The number of nitrogens with one attached hydrogen (secondary N) is 3. The fourth-order valence-electron chi connectivity index (χ4n) is 2.55. The molecule has 6 N–H and O–H groups in total. The molecule has 0 atom stereocenters. The summed E-state index contributed by atoms with van der Waals surface area (Å²) < 4.78 is 31.9. The molecule has 0 bridgehead atoms. The van der Waals surface area contributed by atoms with Crippen molar-refractivity contribution in [2.24, 2.45) is 10.9 Å². The molecule has 12 heteroatoms. The molecule has 0 spiro atoms. The van der Waals surface area contributed by atoms with E-state index in [9.17, 15) is 22.6 Å². The minimum absolute atomic E-state index is 0.206. The maximum atomic E-state index is 12.1. The van der Waals surface area contributed by atoms with E-state index >= 15 is 0 Å². The quantitative estimate of drug-likeness (QED) is 0.0846. The molecule has 0 unspecified atom stereocenters. The molecule has 2 aromatic rings. The molecule has 1 heterocycles. The van der Waals surface area contributed by atoms with Gasteiger partial charge in [0.25, 0.3) is 16.0 Å². The molecular weight excluding hydrogens is 424 g/mol. The van der Waals surface area contributed by atoms with Gasteiger partial charge in [0.05, 0.1) is 11.8 Å². The molecule has 2 rings (SSSR count). The third-order valence-corrected chi connectivity index (χ3v) is 5.06. The third-order valence-electron chi connectivity index (χ3n) is 4.13. The maximum absolute atomic E-state index is 12.1. The van der Waals surface area contributed by atoms with Crippen molar-refractivity contribution >= 4 is 34.0 Å². The Bertz CT molecular complexity index is 1020. The number of nitrogens with two attached hydrogens (primary N) is 1. The van der Waals surface area contributed by atoms with Gasteiger partial charge in [0, 0.05) is 24.7 Å². The van der Waals surface area contributed by atoms with Crippen molar-refractivity contribution in [1.82, 2.24) is 15.7 Å². The number of aromatic nitrogens is 1. The van der Waals surface area contributed by atoms with Gasteiger partial charge < -0.3 is 5.32 Å². The Morgan fingerprint density at radius 1 is 1.13 bits per heavy atom. The second-order valence-electron chi connectivity index (χ2n) is 6.45. The molecule has 2 amide bonds. The Morgan fingerprint density at radius 3 is 2.58 bits per heavy atom. The second-order valence-corrected chi connectivity index (χ2v) is 7.84. The van der Waals surface area contributed by atoms with E-state index in [0.717, 1.165) is 12.8 Å². The number of carbonyl (C=O) groups excluding carboxylic acids is 2. The molecular formula is C19H24N6O5S. The molecule has 0 aliphatic carbocycles. The lowest BCUT2D eigenvalue weighted by molar-refractivity contribution is -0.121. The molecule has 11 nitrogen and oxygen atoms in total. The molecule has 0 aliphatic heterocycles. The Morgan fingerprint density at radius 2 is 1.90 bits per heavy atom. The van der Waals surface area contributed by atoms with Crippen LogP contribution in [0.15, 0.2) is 52.6 Å². The highest BCUT2D eigenvalue weighted by atomic mass is 32.2. The molecule has 0 aliphatic rings. The summed E-state index contributed by atoms with van der Waals surface area (Å²) in [5.74, 6) is 4.85. The van der Waals surface area contributed by atoms with Gasteiger partial charge in [-0.05, 0) is 31.0 Å². The molecule has 0 saturated heterocycles. The monoisotopic (exact) mass is 448 g/mol. The number of anilines is 1. The highest BCUT2D eigenvalue weighted by molar-refractivity contribution is 7.86. The SMILES string of the molecule is NNC(=O)CCCCCNC(=O)c1ccc(N/N=C/c2ccccc2S(=O)(=O)O)nc1. The minimum atomic E-state index is -4.36. The van der Waals surface area contributed by atoms with Crippen molar-refractivity contribution in [3.8, 4) is 0 Å². The fourth-order valence-corrected chi connectivity index (χ4v) is 3.22. The van der Waals surface area contributed by atoms with Crippen LogP contribution in [-0.2, 0) is 14.9 Å². The van der Waals surface area contributed by atoms with E-state index < -0.39 is 10.1 Å². The number of amides is 2. The predicted octanol–water partition coefficient (Wildman–Crippen LogP) is 1.05. The van der Waals surface area contributed by atoms with Crippen LogP contribution in [0.5, 0.6) is 0 Å². The normalized spacial score (nSPS) is 11.3. The van der Waals surface area contributed by atoms with E-state index in [1.807, 2.05) is 0 Å². The van der Waals surface area contributed by atoms with E-state index in [2.05, 4.69) is 26.3 Å². The molecule has 166 valence electrons. The Kier molecular flexibility index (Phi) is 9.06. The first-order valence-electron chi connectivity index (χ1n) is 9.40. The number of pyridine rings is 1. The first-order chi connectivity index (χ1) is 14.8. The van der Waals surface area contributed by atoms with Gasteiger partial charge in [0.2, 0.25) is 5.91 Å². The van der Waals surface area contributed by atoms with Crippen molar-refractivity contribution in [1.29, 1.82) is 0 Å². The van der Waals surface area contributed by atoms with Crippen LogP contribution in [0.3, 0.4) is 0 Å². The van der Waals surface area contributed by atoms with E-state index in [0.29, 0.717) is 30.8 Å². The lowest BCUT2D eigenvalue weighted by Crippen LogP contribution is -2.29. The van der Waals surface area contributed by atoms with Crippen LogP contribution in [0.4, 0.5) is 5.82 Å². The number of rotatable bonds is 11. The molecule has 0 radical (unpaired) electrons. The van der Waals surface area contributed by atoms with Crippen LogP contribution < -0.4 is 22.0 Å². The zero-order valence-electron chi connectivity index (χ0n) is 16.6. The number of hydrogen-bond acceptors (Lipinski definition) is 8. The summed E-state index contributed by atoms with van der Waals surface area (Å²) in [5.41, 5.74) is 5.27. The van der Waals surface area contributed by atoms with Gasteiger partial charge in [-0.25, -0.2) is 10.8 Å². The third kappa shape index (κ3) is 8.12. The Hall–Kier alpha value is -3.35. The summed E-state index contributed by atoms with van der Waals surface area (Å²) >= 11 is 0. The van der Waals surface area contributed by atoms with Crippen molar-refractivity contribution in [3.05, 3.63) is 53.7 Å². The lowest BCUT2D eigenvalue weighted by Gasteiger charge is -2.06. The van der Waals surface area contributed by atoms with Gasteiger partial charge in [-0.2, -0.15) is 13.5 Å². The van der Waals surface area contributed by atoms with Crippen LogP contribution in [0, 0.1) is 0 Å². The fraction of sp³-hybridized carbons (Fsp3) is 0.263. The summed E-state index contributed by atoms with van der Waals surface area (Å²) in [6.45, 7) is 0.473. The molecule has 1 aromatic heterocycles. The molecule has 1 aromatic carbocycles. The van der Waals surface area contributed by atoms with Gasteiger partial charge >= 0.3 is 0 Å². The summed E-state index contributed by atoms with van der Waals surface area (Å²) in [4.78, 5) is 26.9. The van der Waals surface area contributed by atoms with Gasteiger partial charge in [-0.15, -0.1) is 0 Å². The smallest absolute Gasteiger partial charge is 0.295 e. The average molecular weight is 449 g/mol. The van der Waals surface area contributed by atoms with Crippen LogP contribution >= 0.6 is 0 Å². The molecule has 0 saturated carbocycles. The zero-order chi connectivity index (χ0) is 22.7. The summed E-state index contributed by atoms with van der Waals surface area (Å²) in [5, 5.41) is 6.68. The lowest BCUT2D eigenvalue weighted by atomic mass is 10.2. The van der Waals surface area contributed by atoms with E-state index in [1.54, 1.807) is 18.2 Å². The maximum Gasteiger partial charge on any atom is 0.295 e. The molecule has 31 heavy (non-hydrogen) atoms. The van der Waals surface area contributed by atoms with Crippen LogP contribution in [0.25, 0.3) is 0 Å². The van der Waals surface area contributed by atoms with Crippen molar-refractivity contribution in [3.63, 3.8) is 0 Å². The second kappa shape index (κ2) is 11.7. The van der Waals surface area contributed by atoms with Crippen LogP contribution in [-0.4, -0.2) is 42.5 Å². The average Bonchev–Trinajstić information content (AvgIpc) is 2.76. The number of unbranched alkanes of at least 4 members (excludes halogenated alkanes) is 2. The summed E-state index contributed by atoms with van der Waals surface area (Å²) in [7, 11) is -4.36. The summed E-state index contributed by atoms with van der Waals surface area (Å²) in [6, 6.07) is 8.96. The number of nitrogens with zero attached hydrogens (tertiary/aromatic N) is 2. The predicted molar refractivity (Wildman–Crippen MR) is 115 cm³/mol. The van der Waals surface area contributed by atoms with Gasteiger partial charge in [-0.3, -0.25) is 25.0 Å². The van der Waals surface area contributed by atoms with Crippen LogP contribution in [0.1, 0.15) is 41.6 Å². The minimum Gasteiger partial charge on any atom is -0.352 e. The topological polar surface area (TPSA) is 176 Å².